The SMILES string of the molecule is Brc1ccc(-c2cc(-c3ccccc3)cc(-c3ccccc3)c2)cc1.Brc1ccc(-c2cc(-c3ccccc3)cc(-c3ccccc3)c2)cc1.Nc1ccc(-c2cc(-c3ccccc3)cc(-c3ccccc3)c2)cc1.c1ccc(-c2cc(-c3ccccc3)cc(-c3ccc(Nc4ccc(-c5cc(-c6ccccc6)cc(-c6ccccc6)c5)cc4)cc3)c2)cc1. The molecular formula is C120H88Br2N2. The highest BCUT2D eigenvalue weighted by molar-refractivity contribution is 9.10. The van der Waals surface area contributed by atoms with Crippen LogP contribution < -0.4 is 11.1 Å². The van der Waals surface area contributed by atoms with Crippen molar-refractivity contribution in [3.63, 3.8) is 0 Å². The number of hydrogen-bond donors (Lipinski definition) is 2. The second kappa shape index (κ2) is 39.9. The average molecular weight is 1720 g/mol. The number of halogens is 2. The molecule has 0 aromatic heterocycles. The van der Waals surface area contributed by atoms with Crippen LogP contribution in [0.2, 0.25) is 0 Å². The molecule has 0 saturated heterocycles. The Labute approximate surface area is 745 Å². The van der Waals surface area contributed by atoms with E-state index in [1.54, 1.807) is 0 Å². The molecule has 3 N–H and O–H groups in total. The molecule has 20 aromatic rings. The lowest BCUT2D eigenvalue weighted by atomic mass is 9.93. The molecule has 0 aliphatic heterocycles. The van der Waals surface area contributed by atoms with E-state index in [0.29, 0.717) is 0 Å². The molecule has 20 rings (SSSR count). The highest BCUT2D eigenvalue weighted by Crippen LogP contribution is 2.41. The molecule has 0 amide bonds. The first kappa shape index (κ1) is 81.3. The van der Waals surface area contributed by atoms with Gasteiger partial charge in [0.05, 0.1) is 0 Å². The number of nitrogens with two attached hydrogens (primary N) is 1. The molecule has 0 fully saturated rings. The van der Waals surface area contributed by atoms with Crippen molar-refractivity contribution >= 4 is 48.9 Å². The van der Waals surface area contributed by atoms with Gasteiger partial charge in [-0.05, 0) is 319 Å². The van der Waals surface area contributed by atoms with Gasteiger partial charge in [0.1, 0.15) is 0 Å². The van der Waals surface area contributed by atoms with Crippen molar-refractivity contribution in [3.05, 3.63) is 525 Å². The lowest BCUT2D eigenvalue weighted by Gasteiger charge is -2.13. The van der Waals surface area contributed by atoms with E-state index < -0.39 is 0 Å². The highest BCUT2D eigenvalue weighted by Gasteiger charge is 2.15. The molecule has 20 aromatic carbocycles. The van der Waals surface area contributed by atoms with Crippen molar-refractivity contribution in [2.75, 3.05) is 11.1 Å². The summed E-state index contributed by atoms with van der Waals surface area (Å²) < 4.78 is 2.19. The molecule has 0 heterocycles. The fourth-order valence-corrected chi connectivity index (χ4v) is 16.1. The highest BCUT2D eigenvalue weighted by atomic mass is 79.9. The van der Waals surface area contributed by atoms with Crippen LogP contribution in [0.25, 0.3) is 167 Å². The van der Waals surface area contributed by atoms with Crippen molar-refractivity contribution in [2.24, 2.45) is 0 Å². The van der Waals surface area contributed by atoms with Gasteiger partial charge in [0.15, 0.2) is 0 Å². The van der Waals surface area contributed by atoms with Gasteiger partial charge in [-0.15, -0.1) is 0 Å². The summed E-state index contributed by atoms with van der Waals surface area (Å²) in [5.41, 5.74) is 45.2. The molecule has 0 radical (unpaired) electrons. The summed E-state index contributed by atoms with van der Waals surface area (Å²) in [5.74, 6) is 0. The number of anilines is 3. The minimum Gasteiger partial charge on any atom is -0.399 e. The fraction of sp³-hybridized carbons (Fsp3) is 0. The van der Waals surface area contributed by atoms with Gasteiger partial charge in [-0.2, -0.15) is 0 Å². The van der Waals surface area contributed by atoms with Gasteiger partial charge >= 0.3 is 0 Å². The van der Waals surface area contributed by atoms with Gasteiger partial charge in [0.2, 0.25) is 0 Å². The summed E-state index contributed by atoms with van der Waals surface area (Å²) in [6.45, 7) is 0. The van der Waals surface area contributed by atoms with Gasteiger partial charge in [-0.1, -0.05) is 396 Å². The molecule has 0 atom stereocenters. The van der Waals surface area contributed by atoms with E-state index in [0.717, 1.165) is 26.0 Å². The molecular weight excluding hydrogens is 1630 g/mol. The second-order valence-electron chi connectivity index (χ2n) is 30.6. The van der Waals surface area contributed by atoms with E-state index in [1.807, 2.05) is 24.3 Å². The van der Waals surface area contributed by atoms with E-state index in [1.165, 1.54) is 167 Å². The quantitative estimate of drug-likeness (QED) is 0.0892. The Morgan fingerprint density at radius 2 is 0.234 bits per heavy atom. The maximum atomic E-state index is 5.85. The molecule has 0 spiro atoms. The number of hydrogen-bond acceptors (Lipinski definition) is 2. The maximum absolute atomic E-state index is 5.85. The Morgan fingerprint density at radius 1 is 0.121 bits per heavy atom. The van der Waals surface area contributed by atoms with Crippen LogP contribution in [0, 0.1) is 0 Å². The molecule has 4 heteroatoms. The second-order valence-corrected chi connectivity index (χ2v) is 32.4. The summed E-state index contributed by atoms with van der Waals surface area (Å²) in [4.78, 5) is 0. The van der Waals surface area contributed by atoms with Crippen LogP contribution in [-0.4, -0.2) is 0 Å². The Hall–Kier alpha value is -15.0. The van der Waals surface area contributed by atoms with E-state index in [4.69, 9.17) is 5.73 Å². The number of nitrogens with one attached hydrogen (secondary N) is 1. The minimum atomic E-state index is 0.784. The van der Waals surface area contributed by atoms with Crippen LogP contribution in [0.3, 0.4) is 0 Å². The van der Waals surface area contributed by atoms with E-state index in [2.05, 4.69) is 529 Å². The van der Waals surface area contributed by atoms with Crippen LogP contribution in [-0.2, 0) is 0 Å². The molecule has 592 valence electrons. The van der Waals surface area contributed by atoms with Crippen molar-refractivity contribution < 1.29 is 0 Å². The van der Waals surface area contributed by atoms with Gasteiger partial charge in [-0.25, -0.2) is 0 Å². The van der Waals surface area contributed by atoms with Crippen molar-refractivity contribution in [1.82, 2.24) is 0 Å². The van der Waals surface area contributed by atoms with Crippen LogP contribution >= 0.6 is 31.9 Å². The smallest absolute Gasteiger partial charge is 0.0384 e. The van der Waals surface area contributed by atoms with Crippen LogP contribution in [0.5, 0.6) is 0 Å². The van der Waals surface area contributed by atoms with Gasteiger partial charge in [-0.3, -0.25) is 0 Å². The molecule has 0 saturated carbocycles. The predicted molar refractivity (Wildman–Crippen MR) is 537 cm³/mol. The molecule has 0 unspecified atom stereocenters. The van der Waals surface area contributed by atoms with Gasteiger partial charge in [0, 0.05) is 26.0 Å². The Bertz CT molecular complexity index is 5970. The topological polar surface area (TPSA) is 38.0 Å². The number of rotatable bonds is 17. The van der Waals surface area contributed by atoms with Crippen LogP contribution in [0.1, 0.15) is 0 Å². The largest absolute Gasteiger partial charge is 0.399 e. The summed E-state index contributed by atoms with van der Waals surface area (Å²) in [6, 6.07) is 182. The Morgan fingerprint density at radius 3 is 0.371 bits per heavy atom. The van der Waals surface area contributed by atoms with E-state index >= 15 is 0 Å². The molecule has 0 aliphatic rings. The molecule has 2 nitrogen and oxygen atoms in total. The van der Waals surface area contributed by atoms with Gasteiger partial charge < -0.3 is 11.1 Å². The zero-order chi connectivity index (χ0) is 84.0. The summed E-state index contributed by atoms with van der Waals surface area (Å²) in [6.07, 6.45) is 0. The Kier molecular flexibility index (Phi) is 26.2. The number of nitrogen functional groups attached to an aromatic ring is 1. The van der Waals surface area contributed by atoms with Gasteiger partial charge in [0.25, 0.3) is 0 Å². The first-order valence-corrected chi connectivity index (χ1v) is 43.4. The van der Waals surface area contributed by atoms with Crippen molar-refractivity contribution in [1.29, 1.82) is 0 Å². The summed E-state index contributed by atoms with van der Waals surface area (Å²) in [5, 5.41) is 3.61. The molecule has 124 heavy (non-hydrogen) atoms. The van der Waals surface area contributed by atoms with Crippen LogP contribution in [0.15, 0.2) is 525 Å². The first-order valence-electron chi connectivity index (χ1n) is 41.8. The monoisotopic (exact) mass is 1710 g/mol. The summed E-state index contributed by atoms with van der Waals surface area (Å²) >= 11 is 7.04. The summed E-state index contributed by atoms with van der Waals surface area (Å²) in [7, 11) is 0. The lowest BCUT2D eigenvalue weighted by molar-refractivity contribution is 1.52. The number of benzene rings is 20. The standard InChI is InChI=1S/C48H35N.2C24H17Br.C24H19N/c1-5-13-35(14-6-1)41-29-42(36-15-7-2-8-16-36)32-45(31-41)39-21-25-47(26-22-39)49-48-27-23-40(24-28-48)46-33-43(37-17-9-3-10-18-37)30-44(34-46)38-19-11-4-12-20-38;3*25-24-13-11-20(12-14-24)23-16-21(18-7-3-1-4-8-18)15-22(17-23)19-9-5-2-6-10-19/h1-34,49H;2*1-17H;1-17H,25H2. The lowest BCUT2D eigenvalue weighted by Crippen LogP contribution is -1.91. The fourth-order valence-electron chi connectivity index (χ4n) is 15.6. The van der Waals surface area contributed by atoms with Crippen molar-refractivity contribution in [3.8, 4) is 167 Å². The molecule has 0 aliphatic carbocycles. The predicted octanol–water partition coefficient (Wildman–Crippen LogP) is 34.6. The third-order valence-corrected chi connectivity index (χ3v) is 23.1. The zero-order valence-electron chi connectivity index (χ0n) is 68.4. The average Bonchev–Trinajstić information content (AvgIpc) is 0.818. The first-order chi connectivity index (χ1) is 61.1. The molecule has 0 bridgehead atoms. The Balaban J connectivity index is 0.000000124. The van der Waals surface area contributed by atoms with Crippen LogP contribution in [0.4, 0.5) is 17.1 Å². The zero-order valence-corrected chi connectivity index (χ0v) is 71.6. The van der Waals surface area contributed by atoms with E-state index in [9.17, 15) is 0 Å². The van der Waals surface area contributed by atoms with Crippen molar-refractivity contribution in [2.45, 2.75) is 0 Å². The maximum Gasteiger partial charge on any atom is 0.0384 e. The minimum absolute atomic E-state index is 0.784. The third-order valence-electron chi connectivity index (χ3n) is 22.1. The third kappa shape index (κ3) is 21.0. The normalized spacial score (nSPS) is 10.7. The van der Waals surface area contributed by atoms with E-state index in [-0.39, 0.29) is 0 Å².